The van der Waals surface area contributed by atoms with Crippen LogP contribution in [0.2, 0.25) is 0 Å². The third kappa shape index (κ3) is 6.08. The standard InChI is InChI=1S/C27H27FO4S/c1-30-27(29)17-32-25-13-14-26(24-4-2-3-23(24)25)33-18-21-9-11-22(12-10-21)31-16-20-7-5-19(15-28)6-8-20/h5-14H,2-4,15-18H2,1H3. The predicted octanol–water partition coefficient (Wildman–Crippen LogP) is 6.07. The molecule has 172 valence electrons. The van der Waals surface area contributed by atoms with Gasteiger partial charge in [0.1, 0.15) is 24.8 Å². The smallest absolute Gasteiger partial charge is 0.343 e. The highest BCUT2D eigenvalue weighted by Crippen LogP contribution is 2.38. The van der Waals surface area contributed by atoms with Crippen molar-refractivity contribution in [1.82, 2.24) is 0 Å². The zero-order chi connectivity index (χ0) is 23.0. The zero-order valence-corrected chi connectivity index (χ0v) is 19.5. The van der Waals surface area contributed by atoms with E-state index < -0.39 is 6.67 Å². The van der Waals surface area contributed by atoms with Gasteiger partial charge in [-0.25, -0.2) is 9.18 Å². The first kappa shape index (κ1) is 23.2. The molecule has 0 fully saturated rings. The zero-order valence-electron chi connectivity index (χ0n) is 18.6. The highest BCUT2D eigenvalue weighted by atomic mass is 32.2. The van der Waals surface area contributed by atoms with Crippen LogP contribution < -0.4 is 9.47 Å². The van der Waals surface area contributed by atoms with Crippen LogP contribution in [0.25, 0.3) is 0 Å². The maximum Gasteiger partial charge on any atom is 0.343 e. The van der Waals surface area contributed by atoms with Gasteiger partial charge in [-0.1, -0.05) is 36.4 Å². The van der Waals surface area contributed by atoms with E-state index in [0.29, 0.717) is 12.2 Å². The van der Waals surface area contributed by atoms with E-state index in [9.17, 15) is 9.18 Å². The Kier molecular flexibility index (Phi) is 7.89. The molecule has 0 spiro atoms. The van der Waals surface area contributed by atoms with E-state index in [2.05, 4.69) is 22.9 Å². The van der Waals surface area contributed by atoms with Crippen LogP contribution in [-0.4, -0.2) is 19.7 Å². The van der Waals surface area contributed by atoms with Crippen LogP contribution in [0.15, 0.2) is 65.6 Å². The number of halogens is 1. The van der Waals surface area contributed by atoms with Gasteiger partial charge >= 0.3 is 5.97 Å². The second kappa shape index (κ2) is 11.2. The summed E-state index contributed by atoms with van der Waals surface area (Å²) in [7, 11) is 1.36. The number of hydrogen-bond acceptors (Lipinski definition) is 5. The number of methoxy groups -OCH3 is 1. The highest BCUT2D eigenvalue weighted by molar-refractivity contribution is 7.98. The van der Waals surface area contributed by atoms with Gasteiger partial charge in [0.25, 0.3) is 0 Å². The van der Waals surface area contributed by atoms with Gasteiger partial charge < -0.3 is 14.2 Å². The summed E-state index contributed by atoms with van der Waals surface area (Å²) in [6.07, 6.45) is 3.11. The lowest BCUT2D eigenvalue weighted by Gasteiger charge is -2.14. The number of esters is 1. The molecule has 0 aliphatic heterocycles. The number of carbonyl (C=O) groups is 1. The van der Waals surface area contributed by atoms with Gasteiger partial charge in [0.15, 0.2) is 6.61 Å². The van der Waals surface area contributed by atoms with Crippen molar-refractivity contribution in [3.63, 3.8) is 0 Å². The average Bonchev–Trinajstić information content (AvgIpc) is 3.36. The number of ether oxygens (including phenoxy) is 3. The Morgan fingerprint density at radius 3 is 2.30 bits per heavy atom. The minimum Gasteiger partial charge on any atom is -0.489 e. The first-order valence-electron chi connectivity index (χ1n) is 11.0. The lowest BCUT2D eigenvalue weighted by atomic mass is 10.1. The number of thioether (sulfide) groups is 1. The second-order valence-corrected chi connectivity index (χ2v) is 8.93. The molecule has 33 heavy (non-hydrogen) atoms. The van der Waals surface area contributed by atoms with Gasteiger partial charge in [-0.3, -0.25) is 0 Å². The molecule has 1 aliphatic carbocycles. The summed E-state index contributed by atoms with van der Waals surface area (Å²) in [6.45, 7) is -0.0549. The highest BCUT2D eigenvalue weighted by Gasteiger charge is 2.20. The van der Waals surface area contributed by atoms with Crippen molar-refractivity contribution >= 4 is 17.7 Å². The van der Waals surface area contributed by atoms with Gasteiger partial charge in [-0.05, 0) is 71.3 Å². The first-order chi connectivity index (χ1) is 16.2. The van der Waals surface area contributed by atoms with Gasteiger partial charge in [-0.2, -0.15) is 0 Å². The molecule has 4 nitrogen and oxygen atoms in total. The maximum atomic E-state index is 12.6. The first-order valence-corrected chi connectivity index (χ1v) is 12.0. The van der Waals surface area contributed by atoms with Gasteiger partial charge in [0.2, 0.25) is 0 Å². The number of carbonyl (C=O) groups excluding carboxylic acids is 1. The quantitative estimate of drug-likeness (QED) is 0.268. The molecule has 0 bridgehead atoms. The Labute approximate surface area is 198 Å². The summed E-state index contributed by atoms with van der Waals surface area (Å²) in [4.78, 5) is 12.7. The fourth-order valence-electron chi connectivity index (χ4n) is 3.84. The van der Waals surface area contributed by atoms with Gasteiger partial charge in [0.05, 0.1) is 7.11 Å². The van der Waals surface area contributed by atoms with E-state index >= 15 is 0 Å². The summed E-state index contributed by atoms with van der Waals surface area (Å²) in [5.41, 5.74) is 5.46. The van der Waals surface area contributed by atoms with Crippen molar-refractivity contribution in [2.24, 2.45) is 0 Å². The van der Waals surface area contributed by atoms with E-state index in [-0.39, 0.29) is 12.6 Å². The molecule has 0 aromatic heterocycles. The number of alkyl halides is 1. The van der Waals surface area contributed by atoms with E-state index in [4.69, 9.17) is 9.47 Å². The molecule has 0 amide bonds. The molecule has 0 unspecified atom stereocenters. The molecule has 3 aromatic rings. The van der Waals surface area contributed by atoms with Crippen molar-refractivity contribution in [1.29, 1.82) is 0 Å². The van der Waals surface area contributed by atoms with Crippen LogP contribution in [0.3, 0.4) is 0 Å². The third-order valence-corrected chi connectivity index (χ3v) is 6.84. The van der Waals surface area contributed by atoms with Crippen LogP contribution >= 0.6 is 11.8 Å². The molecule has 1 aliphatic rings. The number of rotatable bonds is 10. The predicted molar refractivity (Wildman–Crippen MR) is 128 cm³/mol. The van der Waals surface area contributed by atoms with Gasteiger partial charge in [0, 0.05) is 10.6 Å². The maximum absolute atomic E-state index is 12.6. The summed E-state index contributed by atoms with van der Waals surface area (Å²) in [5, 5.41) is 0. The SMILES string of the molecule is COC(=O)COc1ccc(SCc2ccc(OCc3ccc(CF)cc3)cc2)c2c1CCC2. The van der Waals surface area contributed by atoms with Crippen LogP contribution in [0.5, 0.6) is 11.5 Å². The molecule has 0 saturated heterocycles. The van der Waals surface area contributed by atoms with Crippen molar-refractivity contribution in [2.45, 2.75) is 43.2 Å². The fraction of sp³-hybridized carbons (Fsp3) is 0.296. The fourth-order valence-corrected chi connectivity index (χ4v) is 4.92. The molecule has 4 rings (SSSR count). The Morgan fingerprint density at radius 1 is 0.879 bits per heavy atom. The van der Waals surface area contributed by atoms with Crippen LogP contribution in [0.1, 0.15) is 34.2 Å². The largest absolute Gasteiger partial charge is 0.489 e. The van der Waals surface area contributed by atoms with Crippen molar-refractivity contribution in [3.05, 3.63) is 88.5 Å². The van der Waals surface area contributed by atoms with Crippen LogP contribution in [-0.2, 0) is 41.4 Å². The minimum atomic E-state index is -0.448. The number of benzene rings is 3. The van der Waals surface area contributed by atoms with E-state index in [1.807, 2.05) is 42.1 Å². The summed E-state index contributed by atoms with van der Waals surface area (Å²) >= 11 is 1.82. The molecule has 0 heterocycles. The molecule has 0 radical (unpaired) electrons. The molecular weight excluding hydrogens is 439 g/mol. The van der Waals surface area contributed by atoms with Crippen molar-refractivity contribution in [2.75, 3.05) is 13.7 Å². The molecule has 0 saturated carbocycles. The van der Waals surface area contributed by atoms with Crippen LogP contribution in [0, 0.1) is 0 Å². The van der Waals surface area contributed by atoms with E-state index in [0.717, 1.165) is 42.1 Å². The molecule has 3 aromatic carbocycles. The number of hydrogen-bond donors (Lipinski definition) is 0. The number of fused-ring (bicyclic) bond motifs is 1. The monoisotopic (exact) mass is 466 g/mol. The van der Waals surface area contributed by atoms with E-state index in [1.165, 1.54) is 28.7 Å². The van der Waals surface area contributed by atoms with Crippen LogP contribution in [0.4, 0.5) is 4.39 Å². The Morgan fingerprint density at radius 2 is 1.58 bits per heavy atom. The van der Waals surface area contributed by atoms with Gasteiger partial charge in [-0.15, -0.1) is 11.8 Å². The molecule has 0 atom stereocenters. The summed E-state index contributed by atoms with van der Waals surface area (Å²) in [5.74, 6) is 2.09. The lowest BCUT2D eigenvalue weighted by molar-refractivity contribution is -0.142. The third-order valence-electron chi connectivity index (χ3n) is 5.67. The second-order valence-electron chi connectivity index (χ2n) is 7.91. The normalized spacial score (nSPS) is 12.3. The Balaban J connectivity index is 1.32. The molecular formula is C27H27FO4S. The summed E-state index contributed by atoms with van der Waals surface area (Å²) in [6, 6.07) is 19.6. The Bertz CT molecular complexity index is 1080. The summed E-state index contributed by atoms with van der Waals surface area (Å²) < 4.78 is 28.8. The minimum absolute atomic E-state index is 0.0627. The lowest BCUT2D eigenvalue weighted by Crippen LogP contribution is -2.13. The Hall–Kier alpha value is -2.99. The van der Waals surface area contributed by atoms with Crippen molar-refractivity contribution < 1.29 is 23.4 Å². The van der Waals surface area contributed by atoms with E-state index in [1.54, 1.807) is 12.1 Å². The van der Waals surface area contributed by atoms with Crippen molar-refractivity contribution in [3.8, 4) is 11.5 Å². The average molecular weight is 467 g/mol. The topological polar surface area (TPSA) is 44.8 Å². The molecule has 0 N–H and O–H groups in total. The molecule has 6 heteroatoms.